The Morgan fingerprint density at radius 3 is 2.62 bits per heavy atom. The van der Waals surface area contributed by atoms with Crippen molar-refractivity contribution in [2.24, 2.45) is 11.8 Å². The normalized spacial score (nSPS) is 19.9. The topological polar surface area (TPSA) is 87.9 Å². The van der Waals surface area contributed by atoms with Crippen molar-refractivity contribution >= 4 is 23.0 Å². The molecule has 0 radical (unpaired) electrons. The number of methoxy groups -OCH3 is 1. The van der Waals surface area contributed by atoms with Crippen LogP contribution < -0.4 is 19.9 Å². The number of hydrogen-bond donors (Lipinski definition) is 1. The number of carbonyl (C=O) groups is 1. The number of ether oxygens (including phenoxy) is 1. The number of nitrogens with zero attached hydrogens (tertiary/aromatic N) is 3. The minimum atomic E-state index is -0.373. The summed E-state index contributed by atoms with van der Waals surface area (Å²) < 4.78 is 5.27. The number of amides is 1. The number of carbonyl (C=O) groups excluding carboxylic acids is 1. The van der Waals surface area contributed by atoms with Gasteiger partial charge in [0, 0.05) is 49.7 Å². The fourth-order valence-electron chi connectivity index (χ4n) is 4.69. The fourth-order valence-corrected chi connectivity index (χ4v) is 4.69. The standard InChI is InChI=1S/C24H30N4O4/c1-16(2)14-25-24(29)21-13-17-12-19(28(30)31)6-9-22(17)27-11-10-26(15-23(21)27)18-4-7-20(32-3)8-5-18/h4-9,12,16,21,23H,10-11,13-15H2,1-3H3,(H,25,29)/t21-,23-/m0/s1. The molecule has 0 bridgehead atoms. The van der Waals surface area contributed by atoms with E-state index in [1.807, 2.05) is 30.3 Å². The van der Waals surface area contributed by atoms with Gasteiger partial charge in [0.2, 0.25) is 5.91 Å². The Labute approximate surface area is 188 Å². The first-order chi connectivity index (χ1) is 15.4. The zero-order valence-corrected chi connectivity index (χ0v) is 18.8. The minimum absolute atomic E-state index is 0.00744. The van der Waals surface area contributed by atoms with Gasteiger partial charge in [-0.15, -0.1) is 0 Å². The number of rotatable bonds is 6. The molecule has 0 aromatic heterocycles. The van der Waals surface area contributed by atoms with Crippen molar-refractivity contribution in [3.63, 3.8) is 0 Å². The molecule has 1 amide bonds. The molecule has 1 fully saturated rings. The van der Waals surface area contributed by atoms with Crippen LogP contribution in [0.25, 0.3) is 0 Å². The number of benzene rings is 2. The lowest BCUT2D eigenvalue weighted by Gasteiger charge is -2.49. The van der Waals surface area contributed by atoms with E-state index in [-0.39, 0.29) is 28.5 Å². The van der Waals surface area contributed by atoms with Crippen LogP contribution in [0.15, 0.2) is 42.5 Å². The SMILES string of the molecule is COc1ccc(N2CCN3c4ccc([N+](=O)[O-])cc4C[C@H](C(=O)NCC(C)C)[C@@H]3C2)cc1. The van der Waals surface area contributed by atoms with E-state index in [1.54, 1.807) is 19.2 Å². The molecule has 0 unspecified atom stereocenters. The van der Waals surface area contributed by atoms with Gasteiger partial charge in [-0.1, -0.05) is 13.8 Å². The van der Waals surface area contributed by atoms with Crippen LogP contribution in [0.2, 0.25) is 0 Å². The third-order valence-corrected chi connectivity index (χ3v) is 6.37. The van der Waals surface area contributed by atoms with Crippen molar-refractivity contribution in [2.75, 3.05) is 43.1 Å². The molecule has 4 rings (SSSR count). The molecule has 2 aromatic rings. The minimum Gasteiger partial charge on any atom is -0.497 e. The van der Waals surface area contributed by atoms with Gasteiger partial charge >= 0.3 is 0 Å². The van der Waals surface area contributed by atoms with E-state index >= 15 is 0 Å². The van der Waals surface area contributed by atoms with E-state index in [0.717, 1.165) is 35.8 Å². The Bertz CT molecular complexity index is 992. The van der Waals surface area contributed by atoms with Gasteiger partial charge in [-0.3, -0.25) is 14.9 Å². The van der Waals surface area contributed by atoms with Gasteiger partial charge < -0.3 is 19.9 Å². The van der Waals surface area contributed by atoms with Gasteiger partial charge in [-0.05, 0) is 48.2 Å². The molecule has 8 heteroatoms. The van der Waals surface area contributed by atoms with Crippen molar-refractivity contribution < 1.29 is 14.5 Å². The second-order valence-electron chi connectivity index (χ2n) is 8.92. The van der Waals surface area contributed by atoms with Crippen LogP contribution >= 0.6 is 0 Å². The number of nitro benzene ring substituents is 1. The number of nitrogens with one attached hydrogen (secondary N) is 1. The summed E-state index contributed by atoms with van der Waals surface area (Å²) in [6.07, 6.45) is 0.499. The van der Waals surface area contributed by atoms with Crippen molar-refractivity contribution in [2.45, 2.75) is 26.3 Å². The molecular weight excluding hydrogens is 408 g/mol. The van der Waals surface area contributed by atoms with Gasteiger partial charge in [-0.2, -0.15) is 0 Å². The maximum absolute atomic E-state index is 13.2. The van der Waals surface area contributed by atoms with Gasteiger partial charge in [0.1, 0.15) is 5.75 Å². The maximum Gasteiger partial charge on any atom is 0.269 e. The summed E-state index contributed by atoms with van der Waals surface area (Å²) in [5.74, 6) is 0.910. The van der Waals surface area contributed by atoms with Crippen molar-refractivity contribution in [3.8, 4) is 5.75 Å². The molecule has 2 aliphatic heterocycles. The third-order valence-electron chi connectivity index (χ3n) is 6.37. The van der Waals surface area contributed by atoms with E-state index in [1.165, 1.54) is 0 Å². The molecule has 0 spiro atoms. The lowest BCUT2D eigenvalue weighted by atomic mass is 9.83. The number of fused-ring (bicyclic) bond motifs is 3. The highest BCUT2D eigenvalue weighted by atomic mass is 16.6. The molecule has 2 aliphatic rings. The molecule has 32 heavy (non-hydrogen) atoms. The van der Waals surface area contributed by atoms with E-state index in [4.69, 9.17) is 4.74 Å². The average molecular weight is 439 g/mol. The monoisotopic (exact) mass is 438 g/mol. The second-order valence-corrected chi connectivity index (χ2v) is 8.92. The molecule has 2 heterocycles. The van der Waals surface area contributed by atoms with E-state index in [9.17, 15) is 14.9 Å². The van der Waals surface area contributed by atoms with E-state index < -0.39 is 0 Å². The number of anilines is 2. The zero-order chi connectivity index (χ0) is 22.8. The molecule has 2 aromatic carbocycles. The first-order valence-corrected chi connectivity index (χ1v) is 11.1. The molecule has 0 aliphatic carbocycles. The number of nitro groups is 1. The maximum atomic E-state index is 13.2. The number of hydrogen-bond acceptors (Lipinski definition) is 6. The second kappa shape index (κ2) is 9.06. The summed E-state index contributed by atoms with van der Waals surface area (Å²) in [4.78, 5) is 28.7. The van der Waals surface area contributed by atoms with Crippen LogP contribution in [0, 0.1) is 22.0 Å². The lowest BCUT2D eigenvalue weighted by Crippen LogP contribution is -2.61. The number of piperazine rings is 1. The molecule has 1 saturated heterocycles. The largest absolute Gasteiger partial charge is 0.497 e. The fraction of sp³-hybridized carbons (Fsp3) is 0.458. The Morgan fingerprint density at radius 1 is 1.22 bits per heavy atom. The Balaban J connectivity index is 1.63. The van der Waals surface area contributed by atoms with Crippen molar-refractivity contribution in [1.82, 2.24) is 5.32 Å². The Morgan fingerprint density at radius 2 is 1.97 bits per heavy atom. The predicted molar refractivity (Wildman–Crippen MR) is 124 cm³/mol. The van der Waals surface area contributed by atoms with Crippen molar-refractivity contribution in [1.29, 1.82) is 0 Å². The summed E-state index contributed by atoms with van der Waals surface area (Å²) >= 11 is 0. The third kappa shape index (κ3) is 4.35. The highest BCUT2D eigenvalue weighted by Crippen LogP contribution is 2.38. The van der Waals surface area contributed by atoms with Crippen LogP contribution in [-0.2, 0) is 11.2 Å². The number of non-ortho nitro benzene ring substituents is 1. The predicted octanol–water partition coefficient (Wildman–Crippen LogP) is 3.24. The summed E-state index contributed by atoms with van der Waals surface area (Å²) in [6.45, 7) is 7.01. The van der Waals surface area contributed by atoms with Crippen LogP contribution in [-0.4, -0.2) is 50.2 Å². The first kappa shape index (κ1) is 21.9. The Hall–Kier alpha value is -3.29. The molecule has 2 atom stereocenters. The summed E-state index contributed by atoms with van der Waals surface area (Å²) in [5, 5.41) is 14.4. The quantitative estimate of drug-likeness (QED) is 0.550. The van der Waals surface area contributed by atoms with Gasteiger partial charge in [-0.25, -0.2) is 0 Å². The molecular formula is C24H30N4O4. The van der Waals surface area contributed by atoms with Gasteiger partial charge in [0.15, 0.2) is 0 Å². The molecule has 0 saturated carbocycles. The molecule has 170 valence electrons. The van der Waals surface area contributed by atoms with Crippen LogP contribution in [0.3, 0.4) is 0 Å². The average Bonchev–Trinajstić information content (AvgIpc) is 2.81. The van der Waals surface area contributed by atoms with E-state index in [0.29, 0.717) is 25.4 Å². The van der Waals surface area contributed by atoms with Gasteiger partial charge in [0.25, 0.3) is 5.69 Å². The van der Waals surface area contributed by atoms with Crippen LogP contribution in [0.1, 0.15) is 19.4 Å². The Kier molecular flexibility index (Phi) is 6.21. The smallest absolute Gasteiger partial charge is 0.269 e. The lowest BCUT2D eigenvalue weighted by molar-refractivity contribution is -0.384. The van der Waals surface area contributed by atoms with Crippen molar-refractivity contribution in [3.05, 3.63) is 58.1 Å². The summed E-state index contributed by atoms with van der Waals surface area (Å²) in [5.41, 5.74) is 3.04. The first-order valence-electron chi connectivity index (χ1n) is 11.1. The molecule has 8 nitrogen and oxygen atoms in total. The van der Waals surface area contributed by atoms with Crippen LogP contribution in [0.4, 0.5) is 17.1 Å². The highest BCUT2D eigenvalue weighted by molar-refractivity contribution is 5.82. The van der Waals surface area contributed by atoms with E-state index in [2.05, 4.69) is 29.0 Å². The zero-order valence-electron chi connectivity index (χ0n) is 18.8. The van der Waals surface area contributed by atoms with Gasteiger partial charge in [0.05, 0.1) is 24.0 Å². The van der Waals surface area contributed by atoms with Crippen LogP contribution in [0.5, 0.6) is 5.75 Å². The summed E-state index contributed by atoms with van der Waals surface area (Å²) in [7, 11) is 1.65. The molecule has 1 N–H and O–H groups in total. The summed E-state index contributed by atoms with van der Waals surface area (Å²) in [6, 6.07) is 13.0. The highest BCUT2D eigenvalue weighted by Gasteiger charge is 2.42.